The minimum absolute atomic E-state index is 0.102. The van der Waals surface area contributed by atoms with Crippen molar-refractivity contribution in [3.8, 4) is 0 Å². The minimum atomic E-state index is -0.954. The quantitative estimate of drug-likeness (QED) is 0.530. The molecule has 1 saturated carbocycles. The number of anilines is 2. The number of imidazole rings is 1. The summed E-state index contributed by atoms with van der Waals surface area (Å²) in [6, 6.07) is 3.52. The number of benzene rings is 1. The first-order chi connectivity index (χ1) is 15.4. The van der Waals surface area contributed by atoms with E-state index in [1.54, 1.807) is 12.4 Å². The van der Waals surface area contributed by atoms with Gasteiger partial charge in [-0.3, -0.25) is 4.79 Å². The molecule has 9 nitrogen and oxygen atoms in total. The monoisotopic (exact) mass is 438 g/mol. The number of nitrogens with two attached hydrogens (primary N) is 2. The maximum atomic E-state index is 14.8. The summed E-state index contributed by atoms with van der Waals surface area (Å²) in [6.45, 7) is 3.30. The molecule has 1 aliphatic heterocycles. The van der Waals surface area contributed by atoms with Crippen LogP contribution in [-0.2, 0) is 17.8 Å². The highest BCUT2D eigenvalue weighted by Gasteiger charge is 2.43. The molecule has 0 spiro atoms. The topological polar surface area (TPSA) is 128 Å². The van der Waals surface area contributed by atoms with Gasteiger partial charge in [-0.15, -0.1) is 0 Å². The summed E-state index contributed by atoms with van der Waals surface area (Å²) in [6.07, 6.45) is 6.14. The van der Waals surface area contributed by atoms with Crippen LogP contribution in [0.25, 0.3) is 11.2 Å². The van der Waals surface area contributed by atoms with Crippen LogP contribution in [0.4, 0.5) is 15.9 Å². The lowest BCUT2D eigenvalue weighted by Gasteiger charge is -2.27. The lowest BCUT2D eigenvalue weighted by atomic mass is 9.98. The van der Waals surface area contributed by atoms with Crippen molar-refractivity contribution >= 4 is 28.6 Å². The molecule has 1 aromatic carbocycles. The second-order valence-electron chi connectivity index (χ2n) is 8.76. The van der Waals surface area contributed by atoms with E-state index in [1.807, 2.05) is 11.5 Å². The fourth-order valence-electron chi connectivity index (χ4n) is 4.47. The molecule has 0 bridgehead atoms. The van der Waals surface area contributed by atoms with Gasteiger partial charge < -0.3 is 26.3 Å². The molecule has 2 aliphatic rings. The first-order valence-electron chi connectivity index (χ1n) is 11.0. The van der Waals surface area contributed by atoms with Crippen molar-refractivity contribution in [3.63, 3.8) is 0 Å². The number of nitrogen functional groups attached to an aromatic ring is 1. The lowest BCUT2D eigenvalue weighted by molar-refractivity contribution is -0.125. The van der Waals surface area contributed by atoms with E-state index < -0.39 is 5.54 Å². The van der Waals surface area contributed by atoms with Crippen LogP contribution in [0, 0.1) is 5.82 Å². The molecule has 1 amide bonds. The van der Waals surface area contributed by atoms with Crippen LogP contribution in [0.1, 0.15) is 37.3 Å². The van der Waals surface area contributed by atoms with Gasteiger partial charge in [0.05, 0.1) is 12.9 Å². The predicted molar refractivity (Wildman–Crippen MR) is 120 cm³/mol. The van der Waals surface area contributed by atoms with Gasteiger partial charge in [-0.25, -0.2) is 19.3 Å². The average Bonchev–Trinajstić information content (AvgIpc) is 3.35. The summed E-state index contributed by atoms with van der Waals surface area (Å²) in [5.74, 6) is -0.0535. The Morgan fingerprint density at radius 1 is 1.28 bits per heavy atom. The Bertz CT molecular complexity index is 1190. The average molecular weight is 439 g/mol. The van der Waals surface area contributed by atoms with Crippen molar-refractivity contribution in [2.75, 3.05) is 23.7 Å². The standard InChI is InChI=1S/C22H27FN8O/c1-2-14-15(9-31-12-28-18-19(24)26-11-27-20(18)31)17(6-5-16(14)23)30-8-7-22(25,10-30)21(32)29-13-3-4-13/h5-6,11-13H,2-4,7-10,25H2,1H3,(H,29,32)(H2,24,26,27). The normalized spacial score (nSPS) is 20.8. The van der Waals surface area contributed by atoms with Gasteiger partial charge in [-0.05, 0) is 43.4 Å². The van der Waals surface area contributed by atoms with Crippen molar-refractivity contribution in [2.24, 2.45) is 5.73 Å². The van der Waals surface area contributed by atoms with E-state index in [0.29, 0.717) is 55.0 Å². The van der Waals surface area contributed by atoms with Crippen LogP contribution in [-0.4, -0.2) is 50.1 Å². The second-order valence-corrected chi connectivity index (χ2v) is 8.76. The molecule has 2 aromatic heterocycles. The number of nitrogens with zero attached hydrogens (tertiary/aromatic N) is 5. The molecular weight excluding hydrogens is 411 g/mol. The van der Waals surface area contributed by atoms with E-state index in [9.17, 15) is 9.18 Å². The Balaban J connectivity index is 1.49. The summed E-state index contributed by atoms with van der Waals surface area (Å²) < 4.78 is 16.6. The van der Waals surface area contributed by atoms with Crippen LogP contribution in [0.3, 0.4) is 0 Å². The van der Waals surface area contributed by atoms with Gasteiger partial charge in [0, 0.05) is 30.4 Å². The van der Waals surface area contributed by atoms with Crippen molar-refractivity contribution in [2.45, 2.75) is 50.7 Å². The van der Waals surface area contributed by atoms with E-state index >= 15 is 0 Å². The third-order valence-electron chi connectivity index (χ3n) is 6.47. The number of aromatic nitrogens is 4. The van der Waals surface area contributed by atoms with Crippen molar-refractivity contribution in [1.82, 2.24) is 24.8 Å². The number of hydrogen-bond donors (Lipinski definition) is 3. The fourth-order valence-corrected chi connectivity index (χ4v) is 4.47. The van der Waals surface area contributed by atoms with Gasteiger partial charge >= 0.3 is 0 Å². The Morgan fingerprint density at radius 3 is 2.84 bits per heavy atom. The Labute approximate surface area is 185 Å². The summed E-state index contributed by atoms with van der Waals surface area (Å²) in [5.41, 5.74) is 14.9. The largest absolute Gasteiger partial charge is 0.382 e. The maximum Gasteiger partial charge on any atom is 0.242 e. The number of hydrogen-bond acceptors (Lipinski definition) is 7. The Morgan fingerprint density at radius 2 is 2.09 bits per heavy atom. The first kappa shape index (κ1) is 20.6. The molecule has 1 unspecified atom stereocenters. The number of nitrogens with one attached hydrogen (secondary N) is 1. The van der Waals surface area contributed by atoms with Gasteiger partial charge in [0.25, 0.3) is 0 Å². The molecule has 32 heavy (non-hydrogen) atoms. The third-order valence-corrected chi connectivity index (χ3v) is 6.47. The molecule has 3 heterocycles. The zero-order valence-electron chi connectivity index (χ0n) is 18.0. The Kier molecular flexibility index (Phi) is 4.96. The van der Waals surface area contributed by atoms with Gasteiger partial charge in [0.15, 0.2) is 11.5 Å². The minimum Gasteiger partial charge on any atom is -0.382 e. The highest BCUT2D eigenvalue weighted by molar-refractivity contribution is 5.88. The Hall–Kier alpha value is -3.27. The zero-order chi connectivity index (χ0) is 22.5. The summed E-state index contributed by atoms with van der Waals surface area (Å²) in [5, 5.41) is 3.03. The number of carbonyl (C=O) groups is 1. The number of halogens is 1. The molecule has 0 radical (unpaired) electrons. The summed E-state index contributed by atoms with van der Waals surface area (Å²) in [4.78, 5) is 27.4. The van der Waals surface area contributed by atoms with E-state index in [1.165, 1.54) is 12.4 Å². The van der Waals surface area contributed by atoms with E-state index in [4.69, 9.17) is 11.5 Å². The number of fused-ring (bicyclic) bond motifs is 1. The molecule has 1 aliphatic carbocycles. The lowest BCUT2D eigenvalue weighted by Crippen LogP contribution is -2.56. The first-order valence-corrected chi connectivity index (χ1v) is 11.0. The smallest absolute Gasteiger partial charge is 0.242 e. The molecule has 3 aromatic rings. The molecule has 5 rings (SSSR count). The van der Waals surface area contributed by atoms with E-state index in [-0.39, 0.29) is 17.8 Å². The van der Waals surface area contributed by atoms with Crippen molar-refractivity contribution in [1.29, 1.82) is 0 Å². The molecule has 2 fully saturated rings. The van der Waals surface area contributed by atoms with Crippen LogP contribution < -0.4 is 21.7 Å². The van der Waals surface area contributed by atoms with E-state index in [2.05, 4.69) is 25.2 Å². The number of carbonyl (C=O) groups excluding carboxylic acids is 1. The van der Waals surface area contributed by atoms with Gasteiger partial charge in [0.1, 0.15) is 23.2 Å². The summed E-state index contributed by atoms with van der Waals surface area (Å²) in [7, 11) is 0. The van der Waals surface area contributed by atoms with Crippen LogP contribution in [0.15, 0.2) is 24.8 Å². The highest BCUT2D eigenvalue weighted by atomic mass is 19.1. The zero-order valence-corrected chi connectivity index (χ0v) is 18.0. The van der Waals surface area contributed by atoms with Crippen molar-refractivity contribution < 1.29 is 9.18 Å². The second kappa shape index (κ2) is 7.70. The van der Waals surface area contributed by atoms with Gasteiger partial charge in [0.2, 0.25) is 5.91 Å². The highest BCUT2D eigenvalue weighted by Crippen LogP contribution is 2.33. The molecule has 10 heteroatoms. The third kappa shape index (κ3) is 3.54. The maximum absolute atomic E-state index is 14.8. The van der Waals surface area contributed by atoms with Crippen LogP contribution in [0.5, 0.6) is 0 Å². The predicted octanol–water partition coefficient (Wildman–Crippen LogP) is 1.34. The number of rotatable bonds is 6. The summed E-state index contributed by atoms with van der Waals surface area (Å²) >= 11 is 0. The molecule has 1 saturated heterocycles. The van der Waals surface area contributed by atoms with Crippen molar-refractivity contribution in [3.05, 3.63) is 41.7 Å². The van der Waals surface area contributed by atoms with E-state index in [0.717, 1.165) is 24.1 Å². The fraction of sp³-hybridized carbons (Fsp3) is 0.455. The molecular formula is C22H27FN8O. The van der Waals surface area contributed by atoms with Crippen LogP contribution >= 0.6 is 0 Å². The van der Waals surface area contributed by atoms with Gasteiger partial charge in [-0.2, -0.15) is 0 Å². The SMILES string of the molecule is CCc1c(F)ccc(N2CCC(N)(C(=O)NC3CC3)C2)c1Cn1cnc2c(N)ncnc21. The van der Waals surface area contributed by atoms with Crippen LogP contribution in [0.2, 0.25) is 0 Å². The molecule has 5 N–H and O–H groups in total. The number of amides is 1. The molecule has 168 valence electrons. The molecule has 1 atom stereocenters. The van der Waals surface area contributed by atoms with Gasteiger partial charge in [-0.1, -0.05) is 6.92 Å².